The summed E-state index contributed by atoms with van der Waals surface area (Å²) in [6.07, 6.45) is 3.57. The smallest absolute Gasteiger partial charge is 0.124 e. The van der Waals surface area contributed by atoms with Gasteiger partial charge in [0.25, 0.3) is 0 Å². The van der Waals surface area contributed by atoms with Crippen LogP contribution in [0.3, 0.4) is 0 Å². The highest BCUT2D eigenvalue weighted by Gasteiger charge is 2.08. The predicted molar refractivity (Wildman–Crippen MR) is 78.2 cm³/mol. The Morgan fingerprint density at radius 2 is 2.24 bits per heavy atom. The monoisotopic (exact) mass is 285 g/mol. The van der Waals surface area contributed by atoms with Crippen molar-refractivity contribution in [1.82, 2.24) is 25.3 Å². The molecule has 6 heteroatoms. The average Bonchev–Trinajstić information content (AvgIpc) is 2.92. The first kappa shape index (κ1) is 13.6. The minimum atomic E-state index is -0.265. The standard InChI is InChI=1S/C15H16FN5/c1-2-17-8-14-10-21(20-19-14)9-12-7-13(16)6-11-4-3-5-18-15(11)12/h3-7,10,17H,2,8-9H2,1H3. The van der Waals surface area contributed by atoms with E-state index in [-0.39, 0.29) is 5.82 Å². The maximum Gasteiger partial charge on any atom is 0.124 e. The van der Waals surface area contributed by atoms with Crippen molar-refractivity contribution in [1.29, 1.82) is 0 Å². The van der Waals surface area contributed by atoms with E-state index in [1.807, 2.05) is 19.2 Å². The van der Waals surface area contributed by atoms with E-state index in [0.29, 0.717) is 13.1 Å². The van der Waals surface area contributed by atoms with Crippen LogP contribution in [0, 0.1) is 5.82 Å². The highest BCUT2D eigenvalue weighted by Crippen LogP contribution is 2.19. The fraction of sp³-hybridized carbons (Fsp3) is 0.267. The van der Waals surface area contributed by atoms with Gasteiger partial charge in [-0.3, -0.25) is 4.98 Å². The van der Waals surface area contributed by atoms with Crippen molar-refractivity contribution in [2.24, 2.45) is 0 Å². The highest BCUT2D eigenvalue weighted by molar-refractivity contribution is 5.81. The van der Waals surface area contributed by atoms with Gasteiger partial charge in [-0.2, -0.15) is 0 Å². The number of aromatic nitrogens is 4. The molecule has 0 fully saturated rings. The molecule has 5 nitrogen and oxygen atoms in total. The number of nitrogens with zero attached hydrogens (tertiary/aromatic N) is 4. The van der Waals surface area contributed by atoms with E-state index >= 15 is 0 Å². The number of hydrogen-bond donors (Lipinski definition) is 1. The molecular weight excluding hydrogens is 269 g/mol. The van der Waals surface area contributed by atoms with Crippen LogP contribution >= 0.6 is 0 Å². The Bertz CT molecular complexity index is 753. The van der Waals surface area contributed by atoms with Crippen LogP contribution in [0.1, 0.15) is 18.2 Å². The van der Waals surface area contributed by atoms with E-state index < -0.39 is 0 Å². The molecule has 0 radical (unpaired) electrons. The fourth-order valence-corrected chi connectivity index (χ4v) is 2.27. The van der Waals surface area contributed by atoms with Crippen molar-refractivity contribution in [2.75, 3.05) is 6.54 Å². The van der Waals surface area contributed by atoms with Gasteiger partial charge in [-0.05, 0) is 24.7 Å². The van der Waals surface area contributed by atoms with Crippen molar-refractivity contribution in [3.8, 4) is 0 Å². The second kappa shape index (κ2) is 5.97. The van der Waals surface area contributed by atoms with Gasteiger partial charge in [0.1, 0.15) is 5.82 Å². The lowest BCUT2D eigenvalue weighted by Gasteiger charge is -2.06. The second-order valence-corrected chi connectivity index (χ2v) is 4.83. The molecule has 1 aromatic carbocycles. The van der Waals surface area contributed by atoms with Crippen LogP contribution in [0.25, 0.3) is 10.9 Å². The molecule has 0 bridgehead atoms. The summed E-state index contributed by atoms with van der Waals surface area (Å²) in [4.78, 5) is 4.33. The number of hydrogen-bond acceptors (Lipinski definition) is 4. The van der Waals surface area contributed by atoms with Gasteiger partial charge in [0.15, 0.2) is 0 Å². The summed E-state index contributed by atoms with van der Waals surface area (Å²) in [5.74, 6) is -0.265. The van der Waals surface area contributed by atoms with Gasteiger partial charge in [-0.25, -0.2) is 9.07 Å². The van der Waals surface area contributed by atoms with Crippen LogP contribution < -0.4 is 5.32 Å². The van der Waals surface area contributed by atoms with E-state index in [4.69, 9.17) is 0 Å². The zero-order valence-corrected chi connectivity index (χ0v) is 11.8. The van der Waals surface area contributed by atoms with Crippen LogP contribution in [0.2, 0.25) is 0 Å². The molecule has 0 saturated carbocycles. The van der Waals surface area contributed by atoms with Gasteiger partial charge in [0, 0.05) is 23.7 Å². The summed E-state index contributed by atoms with van der Waals surface area (Å²) in [7, 11) is 0. The fourth-order valence-electron chi connectivity index (χ4n) is 2.27. The van der Waals surface area contributed by atoms with E-state index in [1.165, 1.54) is 12.1 Å². The molecule has 0 atom stereocenters. The number of nitrogens with one attached hydrogen (secondary N) is 1. The average molecular weight is 285 g/mol. The Kier molecular flexibility index (Phi) is 3.87. The Hall–Kier alpha value is -2.34. The van der Waals surface area contributed by atoms with Gasteiger partial charge in [0.05, 0.1) is 24.0 Å². The largest absolute Gasteiger partial charge is 0.311 e. The molecule has 0 amide bonds. The van der Waals surface area contributed by atoms with Crippen molar-refractivity contribution in [3.05, 3.63) is 53.7 Å². The molecule has 3 rings (SSSR count). The normalized spacial score (nSPS) is 11.1. The first-order valence-corrected chi connectivity index (χ1v) is 6.89. The lowest BCUT2D eigenvalue weighted by molar-refractivity contribution is 0.617. The zero-order chi connectivity index (χ0) is 14.7. The van der Waals surface area contributed by atoms with E-state index in [1.54, 1.807) is 16.9 Å². The maximum absolute atomic E-state index is 13.7. The van der Waals surface area contributed by atoms with Crippen LogP contribution in [0.4, 0.5) is 4.39 Å². The molecule has 0 unspecified atom stereocenters. The maximum atomic E-state index is 13.7. The van der Waals surface area contributed by atoms with Crippen LogP contribution in [0.15, 0.2) is 36.7 Å². The minimum absolute atomic E-state index is 0.265. The Morgan fingerprint density at radius 3 is 3.10 bits per heavy atom. The molecule has 3 aromatic rings. The summed E-state index contributed by atoms with van der Waals surface area (Å²) in [5.41, 5.74) is 2.46. The summed E-state index contributed by atoms with van der Waals surface area (Å²) < 4.78 is 15.4. The van der Waals surface area contributed by atoms with Crippen molar-refractivity contribution in [2.45, 2.75) is 20.0 Å². The third-order valence-corrected chi connectivity index (χ3v) is 3.22. The second-order valence-electron chi connectivity index (χ2n) is 4.83. The minimum Gasteiger partial charge on any atom is -0.311 e. The molecule has 0 aliphatic rings. The number of halogens is 1. The third-order valence-electron chi connectivity index (χ3n) is 3.22. The molecule has 108 valence electrons. The predicted octanol–water partition coefficient (Wildman–Crippen LogP) is 2.12. The molecule has 21 heavy (non-hydrogen) atoms. The van der Waals surface area contributed by atoms with Crippen LogP contribution in [-0.2, 0) is 13.1 Å². The Morgan fingerprint density at radius 1 is 1.33 bits per heavy atom. The lowest BCUT2D eigenvalue weighted by Crippen LogP contribution is -2.11. The topological polar surface area (TPSA) is 55.6 Å². The first-order chi connectivity index (χ1) is 10.3. The van der Waals surface area contributed by atoms with Crippen molar-refractivity contribution >= 4 is 10.9 Å². The zero-order valence-electron chi connectivity index (χ0n) is 11.8. The summed E-state index contributed by atoms with van der Waals surface area (Å²) in [6.45, 7) is 4.04. The number of benzene rings is 1. The number of rotatable bonds is 5. The Labute approximate surface area is 121 Å². The van der Waals surface area contributed by atoms with E-state index in [2.05, 4.69) is 20.6 Å². The SMILES string of the molecule is CCNCc1cn(Cc2cc(F)cc3cccnc23)nn1. The summed E-state index contributed by atoms with van der Waals surface area (Å²) >= 11 is 0. The van der Waals surface area contributed by atoms with E-state index in [9.17, 15) is 4.39 Å². The van der Waals surface area contributed by atoms with Crippen molar-refractivity contribution < 1.29 is 4.39 Å². The first-order valence-electron chi connectivity index (χ1n) is 6.89. The molecule has 1 N–H and O–H groups in total. The van der Waals surface area contributed by atoms with Crippen LogP contribution in [0.5, 0.6) is 0 Å². The quantitative estimate of drug-likeness (QED) is 0.780. The van der Waals surface area contributed by atoms with Crippen LogP contribution in [-0.4, -0.2) is 26.5 Å². The van der Waals surface area contributed by atoms with Crippen molar-refractivity contribution in [3.63, 3.8) is 0 Å². The molecule has 0 aliphatic heterocycles. The van der Waals surface area contributed by atoms with Gasteiger partial charge in [-0.1, -0.05) is 18.2 Å². The molecule has 0 aliphatic carbocycles. The third kappa shape index (κ3) is 3.05. The van der Waals surface area contributed by atoms with E-state index in [0.717, 1.165) is 28.7 Å². The van der Waals surface area contributed by atoms with Gasteiger partial charge in [-0.15, -0.1) is 5.10 Å². The summed E-state index contributed by atoms with van der Waals surface area (Å²) in [6, 6.07) is 6.65. The van der Waals surface area contributed by atoms with Gasteiger partial charge >= 0.3 is 0 Å². The summed E-state index contributed by atoms with van der Waals surface area (Å²) in [5, 5.41) is 12.2. The molecule has 0 saturated heterocycles. The Balaban J connectivity index is 1.89. The molecule has 2 aromatic heterocycles. The highest BCUT2D eigenvalue weighted by atomic mass is 19.1. The van der Waals surface area contributed by atoms with Gasteiger partial charge < -0.3 is 5.32 Å². The number of pyridine rings is 1. The number of fused-ring (bicyclic) bond motifs is 1. The molecular formula is C15H16FN5. The molecule has 0 spiro atoms. The lowest BCUT2D eigenvalue weighted by atomic mass is 10.1. The van der Waals surface area contributed by atoms with Gasteiger partial charge in [0.2, 0.25) is 0 Å². The molecule has 2 heterocycles.